The lowest BCUT2D eigenvalue weighted by Crippen LogP contribution is -2.22. The van der Waals surface area contributed by atoms with Crippen LogP contribution in [0.15, 0.2) is 77.8 Å². The summed E-state index contributed by atoms with van der Waals surface area (Å²) in [6.45, 7) is 0. The molecule has 3 aromatic carbocycles. The molecule has 1 fully saturated rings. The Bertz CT molecular complexity index is 1480. The average molecular weight is 455 g/mol. The van der Waals surface area contributed by atoms with Crippen LogP contribution in [0.1, 0.15) is 22.7 Å². The Labute approximate surface area is 192 Å². The minimum absolute atomic E-state index is 0.110. The Hall–Kier alpha value is -4.99. The van der Waals surface area contributed by atoms with Crippen LogP contribution in [0.25, 0.3) is 10.9 Å². The van der Waals surface area contributed by atoms with Crippen molar-refractivity contribution in [2.24, 2.45) is 4.99 Å². The number of amides is 3. The summed E-state index contributed by atoms with van der Waals surface area (Å²) < 4.78 is 0. The maximum atomic E-state index is 11.9. The summed E-state index contributed by atoms with van der Waals surface area (Å²) in [5, 5.41) is 27.2. The summed E-state index contributed by atoms with van der Waals surface area (Å²) >= 11 is 0. The number of H-pyrrole nitrogens is 1. The van der Waals surface area contributed by atoms with E-state index < -0.39 is 22.9 Å². The molecule has 1 aromatic heterocycles. The third-order valence-corrected chi connectivity index (χ3v) is 5.50. The van der Waals surface area contributed by atoms with Crippen molar-refractivity contribution in [1.29, 1.82) is 0 Å². The minimum Gasteiger partial charge on any atom is -0.494 e. The smallest absolute Gasteiger partial charge is 0.322 e. The summed E-state index contributed by atoms with van der Waals surface area (Å²) in [6.07, 6.45) is 0. The number of aromatic amines is 1. The molecule has 5 rings (SSSR count). The molecule has 0 aliphatic carbocycles. The molecule has 168 valence electrons. The van der Waals surface area contributed by atoms with Gasteiger partial charge in [0.25, 0.3) is 11.6 Å². The van der Waals surface area contributed by atoms with Crippen LogP contribution in [0.4, 0.5) is 16.2 Å². The second-order valence-electron chi connectivity index (χ2n) is 7.65. The van der Waals surface area contributed by atoms with E-state index in [2.05, 4.69) is 15.6 Å². The number of non-ortho nitro benzene ring substituents is 1. The summed E-state index contributed by atoms with van der Waals surface area (Å²) in [5.74, 6) is -0.600. The van der Waals surface area contributed by atoms with Crippen molar-refractivity contribution in [3.63, 3.8) is 0 Å². The quantitative estimate of drug-likeness (QED) is 0.156. The van der Waals surface area contributed by atoms with Crippen LogP contribution in [0.2, 0.25) is 0 Å². The first-order chi connectivity index (χ1) is 16.4. The lowest BCUT2D eigenvalue weighted by atomic mass is 10.0. The van der Waals surface area contributed by atoms with Gasteiger partial charge in [-0.25, -0.2) is 9.79 Å². The average Bonchev–Trinajstić information content (AvgIpc) is 3.35. The molecule has 1 aliphatic heterocycles. The van der Waals surface area contributed by atoms with Crippen LogP contribution in [0, 0.1) is 10.1 Å². The third kappa shape index (κ3) is 3.73. The highest BCUT2D eigenvalue weighted by molar-refractivity contribution is 6.22. The van der Waals surface area contributed by atoms with Crippen molar-refractivity contribution in [2.75, 3.05) is 0 Å². The molecule has 3 amide bonds. The highest BCUT2D eigenvalue weighted by Gasteiger charge is 2.30. The van der Waals surface area contributed by atoms with Gasteiger partial charge in [-0.3, -0.25) is 20.2 Å². The number of nitrogens with zero attached hydrogens (tertiary/aromatic N) is 2. The molecule has 10 heteroatoms. The SMILES string of the molecule is O=C1NC(=O)C(c2ccc(N=C(c3ccccc3)c3c(O)[nH]c4ccc([N+](=O)[O-])cc34)cc2)N1. The Morgan fingerprint density at radius 2 is 1.74 bits per heavy atom. The fourth-order valence-corrected chi connectivity index (χ4v) is 3.90. The molecule has 0 spiro atoms. The van der Waals surface area contributed by atoms with Gasteiger partial charge in [0.2, 0.25) is 0 Å². The molecule has 1 unspecified atom stereocenters. The van der Waals surface area contributed by atoms with E-state index in [0.29, 0.717) is 39.0 Å². The van der Waals surface area contributed by atoms with Gasteiger partial charge in [0.1, 0.15) is 6.04 Å². The van der Waals surface area contributed by atoms with Crippen molar-refractivity contribution >= 4 is 39.9 Å². The van der Waals surface area contributed by atoms with E-state index in [-0.39, 0.29) is 11.6 Å². The van der Waals surface area contributed by atoms with E-state index in [1.54, 1.807) is 24.3 Å². The Morgan fingerprint density at radius 1 is 1.00 bits per heavy atom. The summed E-state index contributed by atoms with van der Waals surface area (Å²) in [4.78, 5) is 41.8. The number of hydrogen-bond acceptors (Lipinski definition) is 6. The number of aromatic hydroxyl groups is 1. The van der Waals surface area contributed by atoms with E-state index in [1.165, 1.54) is 18.2 Å². The molecule has 2 heterocycles. The topological polar surface area (TPSA) is 150 Å². The van der Waals surface area contributed by atoms with Gasteiger partial charge in [0.15, 0.2) is 5.88 Å². The zero-order chi connectivity index (χ0) is 23.8. The van der Waals surface area contributed by atoms with Gasteiger partial charge in [-0.1, -0.05) is 42.5 Å². The third-order valence-electron chi connectivity index (χ3n) is 5.50. The van der Waals surface area contributed by atoms with Crippen molar-refractivity contribution in [3.8, 4) is 5.88 Å². The molecule has 0 radical (unpaired) electrons. The second-order valence-corrected chi connectivity index (χ2v) is 7.65. The predicted octanol–water partition coefficient (Wildman–Crippen LogP) is 3.83. The Kier molecular flexibility index (Phi) is 5.02. The van der Waals surface area contributed by atoms with E-state index in [0.717, 1.165) is 0 Å². The van der Waals surface area contributed by atoms with E-state index in [1.807, 2.05) is 30.3 Å². The Morgan fingerprint density at radius 3 is 2.38 bits per heavy atom. The first-order valence-corrected chi connectivity index (χ1v) is 10.3. The molecule has 1 aliphatic rings. The molecule has 0 saturated carbocycles. The zero-order valence-corrected chi connectivity index (χ0v) is 17.5. The number of aliphatic imine (C=N–C) groups is 1. The monoisotopic (exact) mass is 455 g/mol. The number of nitro groups is 1. The minimum atomic E-state index is -0.780. The van der Waals surface area contributed by atoms with E-state index >= 15 is 0 Å². The summed E-state index contributed by atoms with van der Waals surface area (Å²) in [7, 11) is 0. The molecule has 1 atom stereocenters. The van der Waals surface area contributed by atoms with Crippen molar-refractivity contribution in [2.45, 2.75) is 6.04 Å². The van der Waals surface area contributed by atoms with Gasteiger partial charge in [-0.15, -0.1) is 0 Å². The van der Waals surface area contributed by atoms with Crippen LogP contribution < -0.4 is 10.6 Å². The van der Waals surface area contributed by atoms with Crippen LogP contribution >= 0.6 is 0 Å². The van der Waals surface area contributed by atoms with Crippen LogP contribution in [0.3, 0.4) is 0 Å². The fourth-order valence-electron chi connectivity index (χ4n) is 3.90. The van der Waals surface area contributed by atoms with Crippen molar-refractivity contribution in [1.82, 2.24) is 15.6 Å². The number of nitro benzene ring substituents is 1. The molecule has 34 heavy (non-hydrogen) atoms. The van der Waals surface area contributed by atoms with Crippen LogP contribution in [0.5, 0.6) is 5.88 Å². The van der Waals surface area contributed by atoms with E-state index in [9.17, 15) is 24.8 Å². The van der Waals surface area contributed by atoms with Crippen LogP contribution in [-0.4, -0.2) is 32.7 Å². The zero-order valence-electron chi connectivity index (χ0n) is 17.5. The second kappa shape index (κ2) is 8.17. The van der Waals surface area contributed by atoms with Gasteiger partial charge in [-0.05, 0) is 23.8 Å². The standard InChI is InChI=1S/C24H17N5O5/c30-22-19(17-12-16(29(33)34)10-11-18(17)26-22)20(13-4-2-1-3-5-13)25-15-8-6-14(7-9-15)21-23(31)28-24(32)27-21/h1-12,21,26,30H,(H2,27,28,31,32). The summed E-state index contributed by atoms with van der Waals surface area (Å²) in [5.41, 5.74) is 2.96. The molecular weight excluding hydrogens is 438 g/mol. The molecule has 4 N–H and O–H groups in total. The number of benzene rings is 3. The lowest BCUT2D eigenvalue weighted by molar-refractivity contribution is -0.384. The molecular formula is C24H17N5O5. The lowest BCUT2D eigenvalue weighted by Gasteiger charge is -2.10. The first-order valence-electron chi connectivity index (χ1n) is 10.3. The summed E-state index contributed by atoms with van der Waals surface area (Å²) in [6, 6.07) is 18.8. The molecule has 0 bridgehead atoms. The van der Waals surface area contributed by atoms with Gasteiger partial charge < -0.3 is 15.4 Å². The number of fused-ring (bicyclic) bond motifs is 1. The largest absolute Gasteiger partial charge is 0.494 e. The van der Waals surface area contributed by atoms with Gasteiger partial charge in [-0.2, -0.15) is 0 Å². The van der Waals surface area contributed by atoms with Crippen LogP contribution in [-0.2, 0) is 4.79 Å². The van der Waals surface area contributed by atoms with Crippen molar-refractivity contribution < 1.29 is 19.6 Å². The number of nitrogens with one attached hydrogen (secondary N) is 3. The van der Waals surface area contributed by atoms with Crippen molar-refractivity contribution in [3.05, 3.63) is 99.6 Å². The maximum absolute atomic E-state index is 11.9. The Balaban J connectivity index is 1.63. The van der Waals surface area contributed by atoms with Gasteiger partial charge >= 0.3 is 6.03 Å². The number of carbonyl (C=O) groups is 2. The highest BCUT2D eigenvalue weighted by Crippen LogP contribution is 2.33. The first kappa shape index (κ1) is 20.9. The number of hydrogen-bond donors (Lipinski definition) is 4. The normalized spacial score (nSPS) is 15.9. The number of aromatic nitrogens is 1. The number of imide groups is 1. The fraction of sp³-hybridized carbons (Fsp3) is 0.0417. The van der Waals surface area contributed by atoms with Gasteiger partial charge in [0, 0.05) is 28.6 Å². The van der Waals surface area contributed by atoms with E-state index in [4.69, 9.17) is 4.99 Å². The predicted molar refractivity (Wildman–Crippen MR) is 124 cm³/mol. The molecule has 10 nitrogen and oxygen atoms in total. The highest BCUT2D eigenvalue weighted by atomic mass is 16.6. The number of carbonyl (C=O) groups excluding carboxylic acids is 2. The number of urea groups is 1. The number of rotatable bonds is 5. The maximum Gasteiger partial charge on any atom is 0.322 e. The van der Waals surface area contributed by atoms with Gasteiger partial charge in [0.05, 0.1) is 21.9 Å². The molecule has 4 aromatic rings. The molecule has 1 saturated heterocycles.